The summed E-state index contributed by atoms with van der Waals surface area (Å²) >= 11 is 6.38. The number of hydrogen-bond donors (Lipinski definition) is 2. The van der Waals surface area contributed by atoms with Crippen LogP contribution in [0.4, 0.5) is 4.79 Å². The Morgan fingerprint density at radius 3 is 2.60 bits per heavy atom. The van der Waals surface area contributed by atoms with E-state index < -0.39 is 48.9 Å². The monoisotopic (exact) mass is 607 g/mol. The van der Waals surface area contributed by atoms with Gasteiger partial charge in [0.2, 0.25) is 11.8 Å². The standard InChI is InChI=1S/C32H35BClNO8/c1-3-7-19(14-20-11-12-22(36)16-26(20)34)10-13-27-28-21(18-42-23-8-5-4-6-9-23)15-24-29(25(28)17-33(40)43-27)31(38)35(30(24)37)32(39)41-2/h4-6,8-9,11-12,14,16,24-25,27,29,36,40H,3,7,10,13,15,17-18H2,1-2H3/b19-14+/t24-,25+,27-,29-/m1/s1. The van der Waals surface area contributed by atoms with E-state index in [9.17, 15) is 24.5 Å². The van der Waals surface area contributed by atoms with Crippen LogP contribution in [0.3, 0.4) is 0 Å². The van der Waals surface area contributed by atoms with Gasteiger partial charge in [0.25, 0.3) is 0 Å². The molecule has 2 saturated heterocycles. The van der Waals surface area contributed by atoms with Gasteiger partial charge >= 0.3 is 13.2 Å². The summed E-state index contributed by atoms with van der Waals surface area (Å²) in [6.45, 7) is 2.26. The van der Waals surface area contributed by atoms with Gasteiger partial charge < -0.3 is 24.3 Å². The second-order valence-corrected chi connectivity index (χ2v) is 11.6. The van der Waals surface area contributed by atoms with E-state index in [0.717, 1.165) is 42.2 Å². The molecule has 226 valence electrons. The Kier molecular flexibility index (Phi) is 9.59. The number of para-hydroxylation sites is 1. The molecule has 0 aromatic heterocycles. The van der Waals surface area contributed by atoms with Crippen molar-refractivity contribution in [2.24, 2.45) is 17.8 Å². The van der Waals surface area contributed by atoms with Crippen molar-refractivity contribution in [3.8, 4) is 11.5 Å². The van der Waals surface area contributed by atoms with E-state index in [4.69, 9.17) is 25.7 Å². The van der Waals surface area contributed by atoms with E-state index in [2.05, 4.69) is 6.92 Å². The highest BCUT2D eigenvalue weighted by atomic mass is 35.5. The Labute approximate surface area is 256 Å². The number of rotatable bonds is 9. The van der Waals surface area contributed by atoms with Crippen LogP contribution in [0.1, 0.15) is 44.6 Å². The minimum Gasteiger partial charge on any atom is -0.508 e. The van der Waals surface area contributed by atoms with Crippen molar-refractivity contribution in [3.05, 3.63) is 75.8 Å². The number of hydrogen-bond acceptors (Lipinski definition) is 8. The normalized spacial score (nSPS) is 23.8. The first-order chi connectivity index (χ1) is 20.7. The topological polar surface area (TPSA) is 123 Å². The van der Waals surface area contributed by atoms with Gasteiger partial charge in [0.15, 0.2) is 0 Å². The number of carbonyl (C=O) groups excluding carboxylic acids is 3. The van der Waals surface area contributed by atoms with E-state index >= 15 is 0 Å². The highest BCUT2D eigenvalue weighted by Crippen LogP contribution is 2.51. The number of allylic oxidation sites excluding steroid dienone is 1. The lowest BCUT2D eigenvalue weighted by Gasteiger charge is -2.43. The molecule has 3 amide bonds. The fraction of sp³-hybridized carbons (Fsp3) is 0.406. The molecular weight excluding hydrogens is 573 g/mol. The molecule has 0 radical (unpaired) electrons. The molecule has 9 nitrogen and oxygen atoms in total. The van der Waals surface area contributed by atoms with Gasteiger partial charge in [-0.3, -0.25) is 9.59 Å². The zero-order valence-electron chi connectivity index (χ0n) is 24.2. The number of likely N-dealkylation sites (tertiary alicyclic amines) is 1. The second kappa shape index (κ2) is 13.4. The Balaban J connectivity index is 1.48. The zero-order chi connectivity index (χ0) is 30.7. The number of amides is 3. The van der Waals surface area contributed by atoms with Gasteiger partial charge in [-0.05, 0) is 85.0 Å². The maximum Gasteiger partial charge on any atom is 0.455 e. The molecule has 43 heavy (non-hydrogen) atoms. The van der Waals surface area contributed by atoms with Gasteiger partial charge in [-0.2, -0.15) is 4.90 Å². The van der Waals surface area contributed by atoms with Gasteiger partial charge in [-0.25, -0.2) is 4.79 Å². The van der Waals surface area contributed by atoms with Gasteiger partial charge in [-0.1, -0.05) is 54.8 Å². The molecule has 3 aliphatic rings. The van der Waals surface area contributed by atoms with Crippen LogP contribution in [0.15, 0.2) is 65.3 Å². The predicted octanol–water partition coefficient (Wildman–Crippen LogP) is 5.65. The van der Waals surface area contributed by atoms with Crippen molar-refractivity contribution in [1.82, 2.24) is 4.90 Å². The van der Waals surface area contributed by atoms with Crippen molar-refractivity contribution in [2.45, 2.75) is 51.5 Å². The smallest absolute Gasteiger partial charge is 0.455 e. The Hall–Kier alpha value is -3.60. The summed E-state index contributed by atoms with van der Waals surface area (Å²) in [4.78, 5) is 39.9. The third kappa shape index (κ3) is 6.51. The average Bonchev–Trinajstić information content (AvgIpc) is 3.24. The van der Waals surface area contributed by atoms with E-state index in [1.54, 1.807) is 12.1 Å². The molecule has 0 spiro atoms. The SMILES string of the molecule is CCC/C(=C\c1ccc(O)cc1Cl)CC[C@H]1OB(O)C[C@H]2C1=C(COc1ccccc1)C[C@H]1C(=O)N(C(=O)OC)C(=O)[C@H]12. The van der Waals surface area contributed by atoms with Crippen LogP contribution >= 0.6 is 11.6 Å². The average molecular weight is 608 g/mol. The number of halogens is 1. The van der Waals surface area contributed by atoms with Crippen LogP contribution in [0.5, 0.6) is 11.5 Å². The minimum absolute atomic E-state index is 0.0910. The second-order valence-electron chi connectivity index (χ2n) is 11.2. The summed E-state index contributed by atoms with van der Waals surface area (Å²) in [5, 5.41) is 21.0. The number of phenols is 1. The van der Waals surface area contributed by atoms with Crippen LogP contribution in [-0.4, -0.2) is 59.9 Å². The molecule has 0 unspecified atom stereocenters. The summed E-state index contributed by atoms with van der Waals surface area (Å²) in [7, 11) is -0.0108. The highest BCUT2D eigenvalue weighted by molar-refractivity contribution is 6.43. The molecule has 11 heteroatoms. The highest BCUT2D eigenvalue weighted by Gasteiger charge is 2.59. The molecule has 2 aliphatic heterocycles. The lowest BCUT2D eigenvalue weighted by molar-refractivity contribution is -0.137. The maximum absolute atomic E-state index is 13.5. The van der Waals surface area contributed by atoms with E-state index in [1.165, 1.54) is 6.07 Å². The number of fused-ring (bicyclic) bond motifs is 3. The van der Waals surface area contributed by atoms with Crippen LogP contribution in [0.2, 0.25) is 11.3 Å². The first kappa shape index (κ1) is 30.8. The Bertz CT molecular complexity index is 1440. The Morgan fingerprint density at radius 1 is 1.14 bits per heavy atom. The van der Waals surface area contributed by atoms with Crippen molar-refractivity contribution in [3.63, 3.8) is 0 Å². The maximum atomic E-state index is 13.5. The van der Waals surface area contributed by atoms with Crippen molar-refractivity contribution in [2.75, 3.05) is 13.7 Å². The van der Waals surface area contributed by atoms with E-state index in [1.807, 2.05) is 36.4 Å². The van der Waals surface area contributed by atoms with Crippen LogP contribution in [0, 0.1) is 17.8 Å². The lowest BCUT2D eigenvalue weighted by Crippen LogP contribution is -2.46. The van der Waals surface area contributed by atoms with Gasteiger partial charge in [-0.15, -0.1) is 0 Å². The summed E-state index contributed by atoms with van der Waals surface area (Å²) in [6, 6.07) is 14.2. The van der Waals surface area contributed by atoms with Crippen molar-refractivity contribution >= 4 is 42.7 Å². The third-order valence-electron chi connectivity index (χ3n) is 8.46. The van der Waals surface area contributed by atoms with Gasteiger partial charge in [0.05, 0.1) is 30.1 Å². The van der Waals surface area contributed by atoms with Crippen LogP contribution < -0.4 is 4.74 Å². The fourth-order valence-electron chi connectivity index (χ4n) is 6.61. The molecule has 4 atom stereocenters. The quantitative estimate of drug-likeness (QED) is 0.213. The summed E-state index contributed by atoms with van der Waals surface area (Å²) in [5.74, 6) is -2.50. The largest absolute Gasteiger partial charge is 0.508 e. The summed E-state index contributed by atoms with van der Waals surface area (Å²) in [6.07, 6.45) is 3.69. The Morgan fingerprint density at radius 2 is 1.91 bits per heavy atom. The minimum atomic E-state index is -1.14. The molecule has 2 N–H and O–H groups in total. The molecule has 2 heterocycles. The number of ether oxygens (including phenoxy) is 2. The molecule has 2 aromatic carbocycles. The van der Waals surface area contributed by atoms with E-state index in [-0.39, 0.29) is 25.1 Å². The van der Waals surface area contributed by atoms with Crippen molar-refractivity contribution < 1.29 is 38.6 Å². The lowest BCUT2D eigenvalue weighted by atomic mass is 9.58. The molecule has 2 aromatic rings. The molecule has 5 rings (SSSR count). The summed E-state index contributed by atoms with van der Waals surface area (Å²) in [5.41, 5.74) is 3.60. The molecule has 2 fully saturated rings. The first-order valence-electron chi connectivity index (χ1n) is 14.6. The first-order valence-corrected chi connectivity index (χ1v) is 15.0. The van der Waals surface area contributed by atoms with Crippen LogP contribution in [-0.2, 0) is 19.0 Å². The van der Waals surface area contributed by atoms with Crippen LogP contribution in [0.25, 0.3) is 6.08 Å². The van der Waals surface area contributed by atoms with Crippen molar-refractivity contribution in [1.29, 1.82) is 0 Å². The summed E-state index contributed by atoms with van der Waals surface area (Å²) < 4.78 is 17.0. The number of carbonyl (C=O) groups is 3. The molecule has 0 bridgehead atoms. The molecular formula is C32H35BClNO8. The third-order valence-corrected chi connectivity index (χ3v) is 8.79. The number of imide groups is 3. The fourth-order valence-corrected chi connectivity index (χ4v) is 6.84. The number of nitrogens with zero attached hydrogens (tertiary/aromatic N) is 1. The predicted molar refractivity (Wildman–Crippen MR) is 161 cm³/mol. The number of benzene rings is 2. The zero-order valence-corrected chi connectivity index (χ0v) is 25.0. The van der Waals surface area contributed by atoms with Gasteiger partial charge in [0, 0.05) is 0 Å². The molecule has 0 saturated carbocycles. The van der Waals surface area contributed by atoms with E-state index in [0.29, 0.717) is 28.5 Å². The number of aromatic hydroxyl groups is 1. The number of methoxy groups -OCH3 is 1. The number of phenolic OH excluding ortho intramolecular Hbond substituents is 1. The van der Waals surface area contributed by atoms with Gasteiger partial charge in [0.1, 0.15) is 18.1 Å². The molecule has 1 aliphatic carbocycles.